The van der Waals surface area contributed by atoms with E-state index >= 15 is 0 Å². The third kappa shape index (κ3) is 3.71. The molecular weight excluding hydrogens is 134 g/mol. The third-order valence-corrected chi connectivity index (χ3v) is 0.969. The van der Waals surface area contributed by atoms with Gasteiger partial charge in [0.05, 0.1) is 6.04 Å². The highest BCUT2D eigenvalue weighted by molar-refractivity contribution is 5.79. The quantitative estimate of drug-likeness (QED) is 0.313. The van der Waals surface area contributed by atoms with Crippen molar-refractivity contribution < 1.29 is 4.79 Å². The minimum atomic E-state index is -0.703. The van der Waals surface area contributed by atoms with Crippen LogP contribution in [0, 0.1) is 0 Å². The summed E-state index contributed by atoms with van der Waals surface area (Å²) in [6, 6.07) is -0.703. The van der Waals surface area contributed by atoms with Crippen LogP contribution in [0.2, 0.25) is 0 Å². The van der Waals surface area contributed by atoms with E-state index in [1.807, 2.05) is 0 Å². The van der Waals surface area contributed by atoms with Gasteiger partial charge in [-0.2, -0.15) is 0 Å². The number of hydrogen-bond donors (Lipinski definition) is 2. The first-order valence-electron chi connectivity index (χ1n) is 2.74. The zero-order valence-electron chi connectivity index (χ0n) is 5.40. The van der Waals surface area contributed by atoms with Gasteiger partial charge < -0.3 is 11.5 Å². The molecule has 10 heavy (non-hydrogen) atoms. The van der Waals surface area contributed by atoms with Gasteiger partial charge in [0.1, 0.15) is 0 Å². The Bertz CT molecular complexity index is 161. The van der Waals surface area contributed by atoms with Gasteiger partial charge in [-0.1, -0.05) is 5.11 Å². The van der Waals surface area contributed by atoms with Gasteiger partial charge in [-0.25, -0.2) is 0 Å². The first-order chi connectivity index (χ1) is 4.68. The second-order valence-electron chi connectivity index (χ2n) is 1.75. The maximum Gasteiger partial charge on any atom is 0.234 e. The van der Waals surface area contributed by atoms with Gasteiger partial charge in [-0.05, 0) is 12.0 Å². The first-order valence-corrected chi connectivity index (χ1v) is 2.74. The molecule has 0 aromatic rings. The molecule has 0 radical (unpaired) electrons. The molecule has 0 spiro atoms. The first kappa shape index (κ1) is 8.74. The van der Waals surface area contributed by atoms with E-state index in [4.69, 9.17) is 17.0 Å². The summed E-state index contributed by atoms with van der Waals surface area (Å²) in [7, 11) is 0. The molecule has 0 rings (SSSR count). The Labute approximate surface area is 57.8 Å². The number of carbonyl (C=O) groups is 1. The molecule has 56 valence electrons. The van der Waals surface area contributed by atoms with Crippen molar-refractivity contribution >= 4 is 5.91 Å². The molecule has 0 saturated heterocycles. The van der Waals surface area contributed by atoms with E-state index in [1.54, 1.807) is 0 Å². The monoisotopic (exact) mass is 143 g/mol. The van der Waals surface area contributed by atoms with Crippen LogP contribution in [0.25, 0.3) is 10.4 Å². The summed E-state index contributed by atoms with van der Waals surface area (Å²) in [6.07, 6.45) is 0.305. The van der Waals surface area contributed by atoms with Crippen LogP contribution in [0.1, 0.15) is 6.42 Å². The van der Waals surface area contributed by atoms with Crippen LogP contribution in [0.4, 0.5) is 0 Å². The average Bonchev–Trinajstić information content (AvgIpc) is 1.88. The van der Waals surface area contributed by atoms with E-state index in [0.29, 0.717) is 6.42 Å². The second kappa shape index (κ2) is 4.60. The van der Waals surface area contributed by atoms with Crippen molar-refractivity contribution in [2.75, 3.05) is 6.54 Å². The van der Waals surface area contributed by atoms with E-state index in [2.05, 4.69) is 10.0 Å². The third-order valence-electron chi connectivity index (χ3n) is 0.969. The Hall–Kier alpha value is -1.26. The predicted octanol–water partition coefficient (Wildman–Crippen LogP) is -0.501. The van der Waals surface area contributed by atoms with E-state index < -0.39 is 11.9 Å². The minimum Gasteiger partial charge on any atom is -0.368 e. The molecule has 1 atom stereocenters. The highest BCUT2D eigenvalue weighted by Gasteiger charge is 2.06. The summed E-state index contributed by atoms with van der Waals surface area (Å²) >= 11 is 0. The van der Waals surface area contributed by atoms with E-state index in [1.165, 1.54) is 0 Å². The molecule has 0 heterocycles. The Morgan fingerprint density at radius 2 is 2.40 bits per heavy atom. The molecule has 0 aromatic carbocycles. The van der Waals surface area contributed by atoms with Crippen LogP contribution in [-0.2, 0) is 4.79 Å². The number of nitrogens with two attached hydrogens (primary N) is 2. The standard InChI is InChI=1S/C4H9N5O/c5-3(4(6)10)1-2-8-9-7/h3H,1-2,5H2,(H2,6,10)/t3-/m0/s1. The topological polar surface area (TPSA) is 118 Å². The van der Waals surface area contributed by atoms with E-state index in [9.17, 15) is 4.79 Å². The van der Waals surface area contributed by atoms with Crippen LogP contribution < -0.4 is 11.5 Å². The Kier molecular flexibility index (Phi) is 4.02. The van der Waals surface area contributed by atoms with Crippen LogP contribution in [0.15, 0.2) is 5.11 Å². The molecule has 6 heteroatoms. The van der Waals surface area contributed by atoms with Gasteiger partial charge in [0.2, 0.25) is 5.91 Å². The molecule has 4 N–H and O–H groups in total. The molecule has 0 bridgehead atoms. The summed E-state index contributed by atoms with van der Waals surface area (Å²) in [6.45, 7) is 0.209. The summed E-state index contributed by atoms with van der Waals surface area (Å²) in [5, 5.41) is 3.19. The maximum absolute atomic E-state index is 10.3. The van der Waals surface area contributed by atoms with Gasteiger partial charge >= 0.3 is 0 Å². The van der Waals surface area contributed by atoms with Crippen LogP contribution in [0.3, 0.4) is 0 Å². The average molecular weight is 143 g/mol. The number of amides is 1. The number of nitrogens with zero attached hydrogens (tertiary/aromatic N) is 3. The molecule has 6 nitrogen and oxygen atoms in total. The van der Waals surface area contributed by atoms with Gasteiger partial charge in [-0.3, -0.25) is 4.79 Å². The van der Waals surface area contributed by atoms with Crippen molar-refractivity contribution in [1.29, 1.82) is 0 Å². The van der Waals surface area contributed by atoms with Crippen LogP contribution in [0.5, 0.6) is 0 Å². The fourth-order valence-corrected chi connectivity index (χ4v) is 0.384. The molecule has 0 unspecified atom stereocenters. The number of carbonyl (C=O) groups excluding carboxylic acids is 1. The SMILES string of the molecule is [N-]=[N+]=NCC[C@H](N)C(N)=O. The van der Waals surface area contributed by atoms with Crippen molar-refractivity contribution in [3.05, 3.63) is 10.4 Å². The molecule has 0 aliphatic heterocycles. The van der Waals surface area contributed by atoms with Gasteiger partial charge in [0.15, 0.2) is 0 Å². The number of primary amides is 1. The molecule has 0 aliphatic rings. The lowest BCUT2D eigenvalue weighted by Crippen LogP contribution is -2.36. The van der Waals surface area contributed by atoms with Gasteiger partial charge in [0.25, 0.3) is 0 Å². The Morgan fingerprint density at radius 3 is 2.80 bits per heavy atom. The number of hydrogen-bond acceptors (Lipinski definition) is 3. The van der Waals surface area contributed by atoms with Crippen LogP contribution in [-0.4, -0.2) is 18.5 Å². The van der Waals surface area contributed by atoms with Gasteiger partial charge in [0, 0.05) is 11.5 Å². The van der Waals surface area contributed by atoms with Crippen molar-refractivity contribution in [1.82, 2.24) is 0 Å². The lowest BCUT2D eigenvalue weighted by molar-refractivity contribution is -0.119. The lowest BCUT2D eigenvalue weighted by atomic mass is 10.2. The smallest absolute Gasteiger partial charge is 0.234 e. The van der Waals surface area contributed by atoms with Crippen LogP contribution >= 0.6 is 0 Å². The summed E-state index contributed by atoms with van der Waals surface area (Å²) < 4.78 is 0. The van der Waals surface area contributed by atoms with Crippen molar-refractivity contribution in [2.45, 2.75) is 12.5 Å². The van der Waals surface area contributed by atoms with Crippen molar-refractivity contribution in [2.24, 2.45) is 16.6 Å². The molecule has 1 amide bonds. The van der Waals surface area contributed by atoms with Crippen molar-refractivity contribution in [3.8, 4) is 0 Å². The Balaban J connectivity index is 3.48. The largest absolute Gasteiger partial charge is 0.368 e. The molecular formula is C4H9N5O. The number of rotatable bonds is 4. The van der Waals surface area contributed by atoms with E-state index in [0.717, 1.165) is 0 Å². The van der Waals surface area contributed by atoms with E-state index in [-0.39, 0.29) is 6.54 Å². The summed E-state index contributed by atoms with van der Waals surface area (Å²) in [5.41, 5.74) is 17.8. The minimum absolute atomic E-state index is 0.209. The second-order valence-corrected chi connectivity index (χ2v) is 1.75. The fraction of sp³-hybridized carbons (Fsp3) is 0.750. The highest BCUT2D eigenvalue weighted by Crippen LogP contribution is 1.86. The molecule has 0 aromatic heterocycles. The highest BCUT2D eigenvalue weighted by atomic mass is 16.1. The normalized spacial score (nSPS) is 11.7. The molecule has 0 aliphatic carbocycles. The van der Waals surface area contributed by atoms with Crippen molar-refractivity contribution in [3.63, 3.8) is 0 Å². The Morgan fingerprint density at radius 1 is 1.80 bits per heavy atom. The summed E-state index contributed by atoms with van der Waals surface area (Å²) in [4.78, 5) is 12.7. The maximum atomic E-state index is 10.3. The predicted molar refractivity (Wildman–Crippen MR) is 35.8 cm³/mol. The number of azide groups is 1. The van der Waals surface area contributed by atoms with Gasteiger partial charge in [-0.15, -0.1) is 0 Å². The zero-order valence-corrected chi connectivity index (χ0v) is 5.40. The summed E-state index contributed by atoms with van der Waals surface area (Å²) in [5.74, 6) is -0.576. The zero-order chi connectivity index (χ0) is 7.98. The molecule has 0 fully saturated rings. The lowest BCUT2D eigenvalue weighted by Gasteiger charge is -2.01. The molecule has 0 saturated carbocycles. The fourth-order valence-electron chi connectivity index (χ4n) is 0.384.